The van der Waals surface area contributed by atoms with E-state index in [4.69, 9.17) is 0 Å². The number of thioether (sulfide) groups is 1. The van der Waals surface area contributed by atoms with Crippen LogP contribution in [0.15, 0.2) is 82.8 Å². The molecule has 10 nitrogen and oxygen atoms in total. The van der Waals surface area contributed by atoms with Crippen molar-refractivity contribution >= 4 is 39.3 Å². The number of anilines is 1. The van der Waals surface area contributed by atoms with Gasteiger partial charge in [0.2, 0.25) is 15.9 Å². The molecule has 4 aromatic rings. The second-order valence-corrected chi connectivity index (χ2v) is 12.6. The quantitative estimate of drug-likeness (QED) is 0.259. The van der Waals surface area contributed by atoms with E-state index < -0.39 is 21.7 Å². The van der Waals surface area contributed by atoms with Gasteiger partial charge in [-0.25, -0.2) is 12.8 Å². The molecule has 218 valence electrons. The summed E-state index contributed by atoms with van der Waals surface area (Å²) in [6, 6.07) is 19.0. The van der Waals surface area contributed by atoms with Gasteiger partial charge in [-0.1, -0.05) is 23.9 Å². The van der Waals surface area contributed by atoms with Crippen LogP contribution in [-0.4, -0.2) is 58.1 Å². The lowest BCUT2D eigenvalue weighted by atomic mass is 10.2. The Kier molecular flexibility index (Phi) is 9.00. The zero-order valence-corrected chi connectivity index (χ0v) is 24.4. The van der Waals surface area contributed by atoms with E-state index in [9.17, 15) is 22.4 Å². The second-order valence-electron chi connectivity index (χ2n) is 9.74. The Balaban J connectivity index is 1.28. The van der Waals surface area contributed by atoms with Gasteiger partial charge in [-0.3, -0.25) is 14.2 Å². The highest BCUT2D eigenvalue weighted by molar-refractivity contribution is 7.99. The fourth-order valence-electron chi connectivity index (χ4n) is 4.52. The van der Waals surface area contributed by atoms with Crippen LogP contribution in [0.4, 0.5) is 10.1 Å². The third-order valence-corrected chi connectivity index (χ3v) is 9.49. The van der Waals surface area contributed by atoms with E-state index >= 15 is 0 Å². The first-order valence-corrected chi connectivity index (χ1v) is 15.7. The van der Waals surface area contributed by atoms with Gasteiger partial charge in [0, 0.05) is 30.0 Å². The smallest absolute Gasteiger partial charge is 0.251 e. The van der Waals surface area contributed by atoms with E-state index in [0.717, 1.165) is 30.2 Å². The summed E-state index contributed by atoms with van der Waals surface area (Å²) in [5, 5.41) is 14.4. The number of halogens is 1. The lowest BCUT2D eigenvalue weighted by Crippen LogP contribution is -2.28. The van der Waals surface area contributed by atoms with Gasteiger partial charge in [0.25, 0.3) is 5.91 Å². The molecule has 2 N–H and O–H groups in total. The molecule has 0 aliphatic carbocycles. The Morgan fingerprint density at radius 2 is 1.69 bits per heavy atom. The summed E-state index contributed by atoms with van der Waals surface area (Å²) in [7, 11) is -3.58. The first-order chi connectivity index (χ1) is 20.2. The van der Waals surface area contributed by atoms with E-state index in [1.54, 1.807) is 22.8 Å². The summed E-state index contributed by atoms with van der Waals surface area (Å²) >= 11 is 1.15. The fraction of sp³-hybridized carbons (Fsp3) is 0.241. The van der Waals surface area contributed by atoms with Crippen molar-refractivity contribution in [3.63, 3.8) is 0 Å². The summed E-state index contributed by atoms with van der Waals surface area (Å²) in [5.41, 5.74) is 2.55. The summed E-state index contributed by atoms with van der Waals surface area (Å²) in [6.45, 7) is 2.91. The summed E-state index contributed by atoms with van der Waals surface area (Å²) in [5.74, 6) is -0.662. The van der Waals surface area contributed by atoms with E-state index in [1.165, 1.54) is 40.7 Å². The number of amides is 2. The number of carbonyl (C=O) groups is 2. The van der Waals surface area contributed by atoms with Gasteiger partial charge in [-0.15, -0.1) is 10.2 Å². The van der Waals surface area contributed by atoms with Crippen molar-refractivity contribution in [2.45, 2.75) is 36.4 Å². The number of aryl methyl sites for hydroxylation is 1. The van der Waals surface area contributed by atoms with E-state index in [-0.39, 0.29) is 28.7 Å². The maximum atomic E-state index is 13.7. The molecule has 1 aliphatic rings. The molecule has 0 radical (unpaired) electrons. The van der Waals surface area contributed by atoms with Crippen molar-refractivity contribution in [3.05, 3.63) is 95.6 Å². The Labute approximate surface area is 247 Å². The number of rotatable bonds is 10. The Morgan fingerprint density at radius 3 is 2.38 bits per heavy atom. The van der Waals surface area contributed by atoms with Gasteiger partial charge in [0.15, 0.2) is 11.0 Å². The molecule has 0 bridgehead atoms. The Hall–Kier alpha value is -4.07. The lowest BCUT2D eigenvalue weighted by molar-refractivity contribution is -0.113. The van der Waals surface area contributed by atoms with Gasteiger partial charge in [-0.05, 0) is 86.0 Å². The molecule has 0 unspecified atom stereocenters. The average Bonchev–Trinajstić information content (AvgIpc) is 3.67. The number of aromatic nitrogens is 3. The average molecular weight is 609 g/mol. The van der Waals surface area contributed by atoms with Crippen LogP contribution in [0.5, 0.6) is 0 Å². The van der Waals surface area contributed by atoms with Crippen molar-refractivity contribution in [1.82, 2.24) is 24.4 Å². The number of benzene rings is 3. The zero-order valence-electron chi connectivity index (χ0n) is 22.8. The number of hydrogen-bond acceptors (Lipinski definition) is 7. The standard InChI is InChI=1S/C29H29FN6O4S2/c1-20-5-4-6-23(17-20)32-27(37)19-41-29-34-33-26(36(29)24-11-9-22(30)10-12-24)18-31-28(38)21-7-13-25(14-8-21)42(39,40)35-15-2-3-16-35/h4-14,17H,2-3,15-16,18-19H2,1H3,(H,31,38)(H,32,37). The van der Waals surface area contributed by atoms with Gasteiger partial charge < -0.3 is 10.6 Å². The molecule has 0 atom stereocenters. The predicted molar refractivity (Wildman–Crippen MR) is 157 cm³/mol. The number of carbonyl (C=O) groups excluding carboxylic acids is 2. The predicted octanol–water partition coefficient (Wildman–Crippen LogP) is 4.16. The van der Waals surface area contributed by atoms with E-state index in [1.807, 2.05) is 25.1 Å². The van der Waals surface area contributed by atoms with E-state index in [0.29, 0.717) is 35.4 Å². The summed E-state index contributed by atoms with van der Waals surface area (Å²) in [6.07, 6.45) is 1.67. The molecule has 3 aromatic carbocycles. The topological polar surface area (TPSA) is 126 Å². The second kappa shape index (κ2) is 12.8. The monoisotopic (exact) mass is 608 g/mol. The molecular formula is C29H29FN6O4S2. The van der Waals surface area contributed by atoms with Crippen LogP contribution < -0.4 is 10.6 Å². The van der Waals surface area contributed by atoms with Crippen LogP contribution in [0, 0.1) is 12.7 Å². The molecule has 2 amide bonds. The zero-order chi connectivity index (χ0) is 29.7. The molecule has 0 saturated carbocycles. The molecule has 1 aliphatic heterocycles. The van der Waals surface area contributed by atoms with Crippen LogP contribution in [0.1, 0.15) is 34.6 Å². The third kappa shape index (κ3) is 6.86. The minimum Gasteiger partial charge on any atom is -0.345 e. The minimum absolute atomic E-state index is 0.0207. The first-order valence-electron chi connectivity index (χ1n) is 13.3. The molecule has 1 fully saturated rings. The van der Waals surface area contributed by atoms with Crippen LogP contribution in [0.3, 0.4) is 0 Å². The van der Waals surface area contributed by atoms with Gasteiger partial charge in [-0.2, -0.15) is 4.31 Å². The third-order valence-electron chi connectivity index (χ3n) is 6.65. The molecular weight excluding hydrogens is 579 g/mol. The van der Waals surface area contributed by atoms with Crippen LogP contribution >= 0.6 is 11.8 Å². The lowest BCUT2D eigenvalue weighted by Gasteiger charge is -2.15. The van der Waals surface area contributed by atoms with Crippen molar-refractivity contribution in [1.29, 1.82) is 0 Å². The van der Waals surface area contributed by atoms with Crippen LogP contribution in [-0.2, 0) is 21.4 Å². The molecule has 2 heterocycles. The maximum absolute atomic E-state index is 13.7. The highest BCUT2D eigenvalue weighted by Crippen LogP contribution is 2.24. The number of nitrogens with one attached hydrogen (secondary N) is 2. The normalized spacial score (nSPS) is 13.7. The van der Waals surface area contributed by atoms with Gasteiger partial charge in [0.1, 0.15) is 5.82 Å². The number of nitrogens with zero attached hydrogens (tertiary/aromatic N) is 4. The highest BCUT2D eigenvalue weighted by Gasteiger charge is 2.27. The summed E-state index contributed by atoms with van der Waals surface area (Å²) < 4.78 is 42.3. The molecule has 13 heteroatoms. The minimum atomic E-state index is -3.58. The SMILES string of the molecule is Cc1cccc(NC(=O)CSc2nnc(CNC(=O)c3ccc(S(=O)(=O)N4CCCC4)cc3)n2-c2ccc(F)cc2)c1. The van der Waals surface area contributed by atoms with Crippen molar-refractivity contribution in [3.8, 4) is 5.69 Å². The largest absolute Gasteiger partial charge is 0.345 e. The van der Waals surface area contributed by atoms with Crippen LogP contribution in [0.25, 0.3) is 5.69 Å². The highest BCUT2D eigenvalue weighted by atomic mass is 32.2. The fourth-order valence-corrected chi connectivity index (χ4v) is 6.81. The molecule has 0 spiro atoms. The molecule has 5 rings (SSSR count). The maximum Gasteiger partial charge on any atom is 0.251 e. The van der Waals surface area contributed by atoms with Crippen molar-refractivity contribution in [2.75, 3.05) is 24.2 Å². The van der Waals surface area contributed by atoms with E-state index in [2.05, 4.69) is 20.8 Å². The van der Waals surface area contributed by atoms with Gasteiger partial charge >= 0.3 is 0 Å². The van der Waals surface area contributed by atoms with Crippen molar-refractivity contribution < 1.29 is 22.4 Å². The van der Waals surface area contributed by atoms with Crippen LogP contribution in [0.2, 0.25) is 0 Å². The molecule has 1 aromatic heterocycles. The molecule has 42 heavy (non-hydrogen) atoms. The summed E-state index contributed by atoms with van der Waals surface area (Å²) in [4.78, 5) is 25.6. The number of sulfonamides is 1. The number of hydrogen-bond donors (Lipinski definition) is 2. The first kappa shape index (κ1) is 29.4. The molecule has 1 saturated heterocycles. The van der Waals surface area contributed by atoms with Gasteiger partial charge in [0.05, 0.1) is 17.2 Å². The Bertz CT molecular complexity index is 1690. The van der Waals surface area contributed by atoms with Crippen molar-refractivity contribution in [2.24, 2.45) is 0 Å². The Morgan fingerprint density at radius 1 is 0.976 bits per heavy atom.